The van der Waals surface area contributed by atoms with Crippen molar-refractivity contribution < 1.29 is 14.2 Å². The van der Waals surface area contributed by atoms with Crippen LogP contribution in [0.3, 0.4) is 0 Å². The van der Waals surface area contributed by atoms with Crippen molar-refractivity contribution in [2.24, 2.45) is 4.99 Å². The summed E-state index contributed by atoms with van der Waals surface area (Å²) >= 11 is 1.57. The molecular formula is C19H23N4O2S+. The molecule has 136 valence electrons. The third-order valence-electron chi connectivity index (χ3n) is 4.38. The molecule has 0 N–H and O–H groups in total. The van der Waals surface area contributed by atoms with Gasteiger partial charge in [0, 0.05) is 19.8 Å². The predicted octanol–water partition coefficient (Wildman–Crippen LogP) is 2.48. The molecule has 7 heteroatoms. The molecule has 1 saturated heterocycles. The van der Waals surface area contributed by atoms with Crippen LogP contribution in [0.15, 0.2) is 41.4 Å². The number of imide groups is 1. The fourth-order valence-corrected chi connectivity index (χ4v) is 4.06. The van der Waals surface area contributed by atoms with E-state index in [1.807, 2.05) is 17.6 Å². The van der Waals surface area contributed by atoms with E-state index in [0.717, 1.165) is 21.4 Å². The van der Waals surface area contributed by atoms with Gasteiger partial charge < -0.3 is 0 Å². The number of likely N-dealkylation sites (N-methyl/N-ethyl adjacent to an activating group) is 2. The number of rotatable bonds is 4. The van der Waals surface area contributed by atoms with E-state index in [4.69, 9.17) is 0 Å². The third kappa shape index (κ3) is 3.31. The first-order valence-corrected chi connectivity index (χ1v) is 9.38. The summed E-state index contributed by atoms with van der Waals surface area (Å²) in [6, 6.07) is 7.39. The van der Waals surface area contributed by atoms with Crippen molar-refractivity contribution in [3.8, 4) is 0 Å². The fourth-order valence-electron chi connectivity index (χ4n) is 3.09. The number of thioether (sulfide) groups is 1. The first-order valence-electron chi connectivity index (χ1n) is 8.39. The zero-order valence-corrected chi connectivity index (χ0v) is 16.3. The Balaban J connectivity index is 1.93. The van der Waals surface area contributed by atoms with Crippen molar-refractivity contribution in [1.82, 2.24) is 9.80 Å². The van der Waals surface area contributed by atoms with Gasteiger partial charge in [-0.15, -0.1) is 0 Å². The van der Waals surface area contributed by atoms with Crippen molar-refractivity contribution in [2.75, 3.05) is 20.6 Å². The van der Waals surface area contributed by atoms with E-state index in [2.05, 4.69) is 36.7 Å². The molecule has 1 fully saturated rings. The molecule has 1 aromatic rings. The van der Waals surface area contributed by atoms with Crippen molar-refractivity contribution in [3.05, 3.63) is 47.5 Å². The molecule has 0 aromatic heterocycles. The van der Waals surface area contributed by atoms with Gasteiger partial charge in [-0.05, 0) is 41.7 Å². The number of carbonyl (C=O) groups excluding carboxylic acids is 2. The minimum absolute atomic E-state index is 0.251. The summed E-state index contributed by atoms with van der Waals surface area (Å²) in [5.41, 5.74) is 3.34. The van der Waals surface area contributed by atoms with Crippen LogP contribution in [0.1, 0.15) is 18.1 Å². The van der Waals surface area contributed by atoms with E-state index < -0.39 is 6.04 Å². The number of amidine groups is 2. The van der Waals surface area contributed by atoms with Gasteiger partial charge in [-0.3, -0.25) is 14.6 Å². The second-order valence-corrected chi connectivity index (χ2v) is 7.70. The number of benzene rings is 1. The lowest BCUT2D eigenvalue weighted by atomic mass is 10.1. The lowest BCUT2D eigenvalue weighted by Gasteiger charge is -2.30. The molecule has 3 amide bonds. The van der Waals surface area contributed by atoms with Crippen molar-refractivity contribution >= 4 is 34.7 Å². The summed E-state index contributed by atoms with van der Waals surface area (Å²) in [6.07, 6.45) is 0. The molecule has 2 aliphatic heterocycles. The summed E-state index contributed by atoms with van der Waals surface area (Å²) < 4.78 is 1.94. The van der Waals surface area contributed by atoms with Crippen LogP contribution in [0, 0.1) is 6.92 Å². The Hall–Kier alpha value is -2.41. The van der Waals surface area contributed by atoms with Crippen LogP contribution < -0.4 is 0 Å². The quantitative estimate of drug-likeness (QED) is 0.604. The highest BCUT2D eigenvalue weighted by Gasteiger charge is 2.53. The fraction of sp³-hybridized carbons (Fsp3) is 0.368. The summed E-state index contributed by atoms with van der Waals surface area (Å²) in [5, 5.41) is 0.748. The van der Waals surface area contributed by atoms with Gasteiger partial charge in [0.25, 0.3) is 17.8 Å². The lowest BCUT2D eigenvalue weighted by molar-refractivity contribution is -0.524. The first-order chi connectivity index (χ1) is 12.3. The van der Waals surface area contributed by atoms with Gasteiger partial charge >= 0.3 is 11.2 Å². The van der Waals surface area contributed by atoms with E-state index in [9.17, 15) is 9.59 Å². The van der Waals surface area contributed by atoms with Crippen LogP contribution in [-0.4, -0.2) is 64.0 Å². The molecule has 0 radical (unpaired) electrons. The average molecular weight is 371 g/mol. The topological polar surface area (TPSA) is 56.0 Å². The smallest absolute Gasteiger partial charge is 0.269 e. The number of hydrogen-bond acceptors (Lipinski definition) is 4. The molecule has 0 aliphatic carbocycles. The zero-order chi connectivity index (χ0) is 19.0. The Morgan fingerprint density at radius 2 is 2.04 bits per heavy atom. The molecule has 1 unspecified atom stereocenters. The Labute approximate surface area is 157 Å². The summed E-state index contributed by atoms with van der Waals surface area (Å²) in [7, 11) is 3.17. The van der Waals surface area contributed by atoms with Gasteiger partial charge in [-0.2, -0.15) is 0 Å². The first kappa shape index (κ1) is 18.4. The molecule has 3 rings (SSSR count). The molecule has 6 nitrogen and oxygen atoms in total. The standard InChI is InChI=1S/C19H23N4O2S/c1-12(2)10-23-15-16(21(4)19(25)22(5)17(15)24)20-18(23)26-11-14-8-6-7-13(3)9-14/h6-9,15H,1,10-11H2,2-5H3/q+1. The number of fused-ring (bicyclic) bond motifs is 1. The number of amides is 3. The summed E-state index contributed by atoms with van der Waals surface area (Å²) in [6.45, 7) is 8.49. The van der Waals surface area contributed by atoms with Crippen LogP contribution in [0.25, 0.3) is 0 Å². The van der Waals surface area contributed by atoms with E-state index in [1.165, 1.54) is 23.1 Å². The van der Waals surface area contributed by atoms with Gasteiger partial charge in [-0.1, -0.05) is 36.4 Å². The van der Waals surface area contributed by atoms with Gasteiger partial charge in [0.05, 0.1) is 0 Å². The minimum Gasteiger partial charge on any atom is -0.269 e. The number of aliphatic imine (C=N–C) groups is 1. The molecule has 2 heterocycles. The van der Waals surface area contributed by atoms with Gasteiger partial charge in [0.2, 0.25) is 0 Å². The molecule has 0 bridgehead atoms. The van der Waals surface area contributed by atoms with Gasteiger partial charge in [-0.25, -0.2) is 9.37 Å². The average Bonchev–Trinajstić information content (AvgIpc) is 2.94. The van der Waals surface area contributed by atoms with Crippen LogP contribution in [-0.2, 0) is 10.5 Å². The molecule has 2 aliphatic rings. The molecular weight excluding hydrogens is 348 g/mol. The maximum atomic E-state index is 12.7. The van der Waals surface area contributed by atoms with E-state index in [-0.39, 0.29) is 11.9 Å². The van der Waals surface area contributed by atoms with E-state index in [1.54, 1.807) is 18.8 Å². The molecule has 1 aromatic carbocycles. The molecule has 0 saturated carbocycles. The lowest BCUT2D eigenvalue weighted by Crippen LogP contribution is -2.61. The largest absolute Gasteiger partial charge is 0.358 e. The number of carbonyl (C=O) groups is 2. The summed E-state index contributed by atoms with van der Waals surface area (Å²) in [5.74, 6) is 0.986. The predicted molar refractivity (Wildman–Crippen MR) is 105 cm³/mol. The van der Waals surface area contributed by atoms with Crippen LogP contribution in [0.5, 0.6) is 0 Å². The number of nitrogens with zero attached hydrogens (tertiary/aromatic N) is 4. The second-order valence-electron chi connectivity index (χ2n) is 6.76. The van der Waals surface area contributed by atoms with Gasteiger partial charge in [0.1, 0.15) is 6.54 Å². The second kappa shape index (κ2) is 7.07. The van der Waals surface area contributed by atoms with Crippen LogP contribution in [0.2, 0.25) is 0 Å². The normalized spacial score (nSPS) is 19.8. The number of urea groups is 1. The van der Waals surface area contributed by atoms with Crippen molar-refractivity contribution in [1.29, 1.82) is 0 Å². The SMILES string of the molecule is C=C(C)C[N+]1=C(SCc2cccc(C)c2)N=C2C1C(=O)N(C)C(=O)N2C. The number of aryl methyl sites for hydroxylation is 1. The zero-order valence-electron chi connectivity index (χ0n) is 15.5. The number of hydrogen-bond donors (Lipinski definition) is 0. The Kier molecular flexibility index (Phi) is 5.00. The minimum atomic E-state index is -0.570. The molecule has 0 spiro atoms. The van der Waals surface area contributed by atoms with Crippen LogP contribution in [0.4, 0.5) is 4.79 Å². The third-order valence-corrected chi connectivity index (χ3v) is 5.45. The highest BCUT2D eigenvalue weighted by molar-refractivity contribution is 8.13. The van der Waals surface area contributed by atoms with Crippen LogP contribution >= 0.6 is 11.8 Å². The Morgan fingerprint density at radius 3 is 2.69 bits per heavy atom. The maximum absolute atomic E-state index is 12.7. The Morgan fingerprint density at radius 1 is 1.31 bits per heavy atom. The van der Waals surface area contributed by atoms with E-state index >= 15 is 0 Å². The van der Waals surface area contributed by atoms with Crippen molar-refractivity contribution in [2.45, 2.75) is 25.6 Å². The monoisotopic (exact) mass is 371 g/mol. The molecule has 26 heavy (non-hydrogen) atoms. The highest BCUT2D eigenvalue weighted by atomic mass is 32.2. The van der Waals surface area contributed by atoms with Gasteiger partial charge in [0.15, 0.2) is 0 Å². The summed E-state index contributed by atoms with van der Waals surface area (Å²) in [4.78, 5) is 32.2. The maximum Gasteiger partial charge on any atom is 0.358 e. The Bertz CT molecular complexity index is 859. The van der Waals surface area contributed by atoms with Crippen molar-refractivity contribution in [3.63, 3.8) is 0 Å². The molecule has 1 atom stereocenters. The van der Waals surface area contributed by atoms with E-state index in [0.29, 0.717) is 12.4 Å². The highest BCUT2D eigenvalue weighted by Crippen LogP contribution is 2.25.